The van der Waals surface area contributed by atoms with Crippen LogP contribution < -0.4 is 9.47 Å². The third kappa shape index (κ3) is 5.34. The van der Waals surface area contributed by atoms with Crippen molar-refractivity contribution in [2.75, 3.05) is 7.11 Å². The smallest absolute Gasteiger partial charge is 0.124 e. The van der Waals surface area contributed by atoms with Gasteiger partial charge >= 0.3 is 0 Å². The fraction of sp³-hybridized carbons (Fsp3) is 0.333. The van der Waals surface area contributed by atoms with Crippen molar-refractivity contribution >= 4 is 5.76 Å². The van der Waals surface area contributed by atoms with Crippen LogP contribution in [0, 0.1) is 0 Å². The van der Waals surface area contributed by atoms with Crippen LogP contribution in [-0.2, 0) is 11.3 Å². The van der Waals surface area contributed by atoms with E-state index >= 15 is 0 Å². The lowest BCUT2D eigenvalue weighted by Crippen LogP contribution is -2.06. The van der Waals surface area contributed by atoms with E-state index in [9.17, 15) is 0 Å². The molecule has 0 aliphatic heterocycles. The molecule has 3 nitrogen and oxygen atoms in total. The first-order valence-electron chi connectivity index (χ1n) is 8.35. The zero-order chi connectivity index (χ0) is 17.4. The molecule has 2 aromatic carbocycles. The summed E-state index contributed by atoms with van der Waals surface area (Å²) in [5.74, 6) is 2.38. The van der Waals surface area contributed by atoms with Crippen LogP contribution in [-0.4, -0.2) is 13.2 Å². The number of methoxy groups -OCH3 is 1. The molecule has 0 amide bonds. The van der Waals surface area contributed by atoms with E-state index in [0.29, 0.717) is 6.61 Å². The van der Waals surface area contributed by atoms with Gasteiger partial charge in [0.25, 0.3) is 0 Å². The van der Waals surface area contributed by atoms with Crippen molar-refractivity contribution in [2.24, 2.45) is 0 Å². The molecule has 2 rings (SSSR count). The first-order valence-corrected chi connectivity index (χ1v) is 8.35. The lowest BCUT2D eigenvalue weighted by Gasteiger charge is -2.15. The Morgan fingerprint density at radius 1 is 1.04 bits per heavy atom. The second kappa shape index (κ2) is 9.02. The molecule has 128 valence electrons. The Morgan fingerprint density at radius 2 is 1.75 bits per heavy atom. The van der Waals surface area contributed by atoms with Gasteiger partial charge in [0.1, 0.15) is 23.9 Å². The third-order valence-electron chi connectivity index (χ3n) is 3.39. The van der Waals surface area contributed by atoms with Gasteiger partial charge in [0.05, 0.1) is 13.2 Å². The van der Waals surface area contributed by atoms with Crippen LogP contribution in [0.2, 0.25) is 0 Å². The highest BCUT2D eigenvalue weighted by Crippen LogP contribution is 2.29. The summed E-state index contributed by atoms with van der Waals surface area (Å²) in [6.45, 7) is 6.62. The van der Waals surface area contributed by atoms with E-state index in [4.69, 9.17) is 14.2 Å². The summed E-state index contributed by atoms with van der Waals surface area (Å²) in [7, 11) is 1.68. The monoisotopic (exact) mass is 326 g/mol. The maximum atomic E-state index is 5.96. The van der Waals surface area contributed by atoms with Gasteiger partial charge in [-0.15, -0.1) is 0 Å². The molecule has 0 unspecified atom stereocenters. The number of hydrogen-bond acceptors (Lipinski definition) is 3. The molecular weight excluding hydrogens is 300 g/mol. The average molecular weight is 326 g/mol. The summed E-state index contributed by atoms with van der Waals surface area (Å²) < 4.78 is 17.3. The fourth-order valence-corrected chi connectivity index (χ4v) is 2.38. The van der Waals surface area contributed by atoms with Gasteiger partial charge in [0.2, 0.25) is 0 Å². The average Bonchev–Trinajstić information content (AvgIpc) is 2.58. The van der Waals surface area contributed by atoms with Crippen molar-refractivity contribution in [1.82, 2.24) is 0 Å². The zero-order valence-electron chi connectivity index (χ0n) is 14.9. The Bertz CT molecular complexity index is 660. The number of hydrogen-bond donors (Lipinski definition) is 0. The topological polar surface area (TPSA) is 27.7 Å². The van der Waals surface area contributed by atoms with Crippen LogP contribution in [0.25, 0.3) is 5.76 Å². The van der Waals surface area contributed by atoms with E-state index in [1.54, 1.807) is 7.11 Å². The zero-order valence-corrected chi connectivity index (χ0v) is 14.9. The molecule has 0 radical (unpaired) electrons. The van der Waals surface area contributed by atoms with E-state index in [1.165, 1.54) is 0 Å². The number of allylic oxidation sites excluding steroid dienone is 1. The highest BCUT2D eigenvalue weighted by atomic mass is 16.5. The van der Waals surface area contributed by atoms with E-state index in [0.717, 1.165) is 34.8 Å². The molecule has 3 heteroatoms. The largest absolute Gasteiger partial charge is 0.496 e. The molecule has 0 heterocycles. The van der Waals surface area contributed by atoms with Gasteiger partial charge in [-0.05, 0) is 44.0 Å². The van der Waals surface area contributed by atoms with Gasteiger partial charge in [-0.3, -0.25) is 0 Å². The van der Waals surface area contributed by atoms with E-state index in [-0.39, 0.29) is 6.10 Å². The molecule has 0 atom stereocenters. The summed E-state index contributed by atoms with van der Waals surface area (Å²) in [5.41, 5.74) is 2.09. The fourth-order valence-electron chi connectivity index (χ4n) is 2.38. The van der Waals surface area contributed by atoms with Crippen LogP contribution >= 0.6 is 0 Å². The third-order valence-corrected chi connectivity index (χ3v) is 3.39. The maximum absolute atomic E-state index is 5.96. The van der Waals surface area contributed by atoms with Gasteiger partial charge in [0, 0.05) is 11.6 Å². The van der Waals surface area contributed by atoms with Crippen molar-refractivity contribution in [3.63, 3.8) is 0 Å². The minimum absolute atomic E-state index is 0.100. The van der Waals surface area contributed by atoms with Gasteiger partial charge in [-0.1, -0.05) is 37.3 Å². The van der Waals surface area contributed by atoms with E-state index < -0.39 is 0 Å². The summed E-state index contributed by atoms with van der Waals surface area (Å²) in [6.07, 6.45) is 3.05. The highest BCUT2D eigenvalue weighted by molar-refractivity contribution is 5.63. The van der Waals surface area contributed by atoms with Crippen LogP contribution in [0.4, 0.5) is 0 Å². The normalized spacial score (nSPS) is 11.5. The molecule has 0 spiro atoms. The van der Waals surface area contributed by atoms with Gasteiger partial charge in [-0.2, -0.15) is 0 Å². The van der Waals surface area contributed by atoms with Crippen molar-refractivity contribution in [1.29, 1.82) is 0 Å². The number of benzene rings is 2. The van der Waals surface area contributed by atoms with Crippen LogP contribution in [0.3, 0.4) is 0 Å². The molecular formula is C21H26O3. The Labute approximate surface area is 144 Å². The van der Waals surface area contributed by atoms with Gasteiger partial charge in [0.15, 0.2) is 0 Å². The lowest BCUT2D eigenvalue weighted by molar-refractivity contribution is 0.239. The predicted octanol–water partition coefficient (Wildman–Crippen LogP) is 5.45. The molecule has 0 aliphatic carbocycles. The number of rotatable bonds is 8. The Hall–Kier alpha value is -2.42. The molecule has 0 saturated heterocycles. The van der Waals surface area contributed by atoms with Crippen molar-refractivity contribution in [2.45, 2.75) is 39.9 Å². The van der Waals surface area contributed by atoms with E-state index in [1.807, 2.05) is 62.4 Å². The minimum atomic E-state index is 0.100. The van der Waals surface area contributed by atoms with Crippen molar-refractivity contribution in [3.8, 4) is 11.5 Å². The molecule has 0 saturated carbocycles. The van der Waals surface area contributed by atoms with Gasteiger partial charge in [-0.25, -0.2) is 0 Å². The molecule has 0 aromatic heterocycles. The van der Waals surface area contributed by atoms with Crippen molar-refractivity contribution in [3.05, 3.63) is 65.7 Å². The molecule has 0 fully saturated rings. The number of ether oxygens (including phenoxy) is 3. The SMILES string of the molecule is CC/C=C(/OC)c1cc(OCc2ccccc2)cc(OC(C)C)c1. The maximum Gasteiger partial charge on any atom is 0.124 e. The first kappa shape index (κ1) is 17.9. The van der Waals surface area contributed by atoms with E-state index in [2.05, 4.69) is 13.0 Å². The molecule has 0 bridgehead atoms. The highest BCUT2D eigenvalue weighted by Gasteiger charge is 2.09. The molecule has 2 aromatic rings. The minimum Gasteiger partial charge on any atom is -0.496 e. The van der Waals surface area contributed by atoms with Gasteiger partial charge < -0.3 is 14.2 Å². The quantitative estimate of drug-likeness (QED) is 0.604. The second-order valence-corrected chi connectivity index (χ2v) is 5.81. The first-order chi connectivity index (χ1) is 11.6. The predicted molar refractivity (Wildman–Crippen MR) is 98.3 cm³/mol. The molecule has 0 N–H and O–H groups in total. The summed E-state index contributed by atoms with van der Waals surface area (Å²) in [4.78, 5) is 0. The summed E-state index contributed by atoms with van der Waals surface area (Å²) >= 11 is 0. The standard InChI is InChI=1S/C21H26O3/c1-5-9-21(22-4)18-12-19(14-20(13-18)24-16(2)3)23-15-17-10-7-6-8-11-17/h6-14,16H,5,15H2,1-4H3/b21-9+. The Balaban J connectivity index is 2.26. The lowest BCUT2D eigenvalue weighted by atomic mass is 10.1. The van der Waals surface area contributed by atoms with Crippen LogP contribution in [0.1, 0.15) is 38.3 Å². The molecule has 0 aliphatic rings. The van der Waals surface area contributed by atoms with Crippen LogP contribution in [0.15, 0.2) is 54.6 Å². The Kier molecular flexibility index (Phi) is 6.74. The van der Waals surface area contributed by atoms with Crippen molar-refractivity contribution < 1.29 is 14.2 Å². The van der Waals surface area contributed by atoms with Crippen LogP contribution in [0.5, 0.6) is 11.5 Å². The summed E-state index contributed by atoms with van der Waals surface area (Å²) in [6, 6.07) is 16.0. The Morgan fingerprint density at radius 3 is 2.38 bits per heavy atom. The summed E-state index contributed by atoms with van der Waals surface area (Å²) in [5, 5.41) is 0. The molecule has 24 heavy (non-hydrogen) atoms. The second-order valence-electron chi connectivity index (χ2n) is 5.81.